The first-order valence-electron chi connectivity index (χ1n) is 3.91. The van der Waals surface area contributed by atoms with Gasteiger partial charge in [-0.05, 0) is 30.7 Å². The molecule has 1 atom stereocenters. The van der Waals surface area contributed by atoms with Gasteiger partial charge in [0.25, 0.3) is 0 Å². The van der Waals surface area contributed by atoms with Crippen molar-refractivity contribution >= 4 is 10.8 Å². The van der Waals surface area contributed by atoms with Gasteiger partial charge in [0.15, 0.2) is 0 Å². The maximum atomic E-state index is 11.4. The van der Waals surface area contributed by atoms with Crippen LogP contribution in [-0.2, 0) is 10.8 Å². The van der Waals surface area contributed by atoms with Crippen molar-refractivity contribution in [2.75, 3.05) is 5.75 Å². The van der Waals surface area contributed by atoms with E-state index in [0.717, 1.165) is 11.3 Å². The molecule has 0 heterocycles. The highest BCUT2D eigenvalue weighted by molar-refractivity contribution is 7.85. The molecule has 2 nitrogen and oxygen atoms in total. The zero-order chi connectivity index (χ0) is 8.97. The van der Waals surface area contributed by atoms with Crippen LogP contribution in [-0.4, -0.2) is 15.1 Å². The van der Waals surface area contributed by atoms with Crippen LogP contribution in [0.4, 0.5) is 0 Å². The largest absolute Gasteiger partial charge is 0.508 e. The lowest BCUT2D eigenvalue weighted by atomic mass is 10.3. The van der Waals surface area contributed by atoms with Gasteiger partial charge in [-0.3, -0.25) is 4.21 Å². The van der Waals surface area contributed by atoms with Crippen molar-refractivity contribution in [3.05, 3.63) is 24.3 Å². The zero-order valence-corrected chi connectivity index (χ0v) is 7.80. The van der Waals surface area contributed by atoms with Crippen LogP contribution in [0, 0.1) is 0 Å². The Hall–Kier alpha value is -0.830. The average Bonchev–Trinajstić information content (AvgIpc) is 2.06. The summed E-state index contributed by atoms with van der Waals surface area (Å²) in [6.07, 6.45) is 0.910. The summed E-state index contributed by atoms with van der Waals surface area (Å²) < 4.78 is 11.4. The van der Waals surface area contributed by atoms with Gasteiger partial charge in [-0.15, -0.1) is 0 Å². The smallest absolute Gasteiger partial charge is 0.115 e. The third kappa shape index (κ3) is 2.34. The minimum Gasteiger partial charge on any atom is -0.508 e. The van der Waals surface area contributed by atoms with Crippen molar-refractivity contribution in [2.24, 2.45) is 0 Å². The molecule has 0 radical (unpaired) electrons. The molecule has 0 fully saturated rings. The zero-order valence-electron chi connectivity index (χ0n) is 6.99. The van der Waals surface area contributed by atoms with E-state index in [2.05, 4.69) is 0 Å². The topological polar surface area (TPSA) is 37.3 Å². The van der Waals surface area contributed by atoms with Crippen LogP contribution in [0.15, 0.2) is 29.2 Å². The van der Waals surface area contributed by atoms with E-state index in [4.69, 9.17) is 5.11 Å². The lowest BCUT2D eigenvalue weighted by Gasteiger charge is -1.99. The third-order valence-electron chi connectivity index (χ3n) is 1.49. The van der Waals surface area contributed by atoms with Gasteiger partial charge >= 0.3 is 0 Å². The molecule has 0 saturated heterocycles. The van der Waals surface area contributed by atoms with Crippen molar-refractivity contribution in [1.29, 1.82) is 0 Å². The van der Waals surface area contributed by atoms with Crippen molar-refractivity contribution in [3.8, 4) is 5.75 Å². The van der Waals surface area contributed by atoms with E-state index >= 15 is 0 Å². The highest BCUT2D eigenvalue weighted by Crippen LogP contribution is 2.13. The summed E-state index contributed by atoms with van der Waals surface area (Å²) in [6, 6.07) is 6.51. The molecule has 0 aromatic heterocycles. The van der Waals surface area contributed by atoms with Crippen LogP contribution in [0.25, 0.3) is 0 Å². The van der Waals surface area contributed by atoms with E-state index in [-0.39, 0.29) is 5.75 Å². The van der Waals surface area contributed by atoms with Crippen LogP contribution in [0.5, 0.6) is 5.75 Å². The highest BCUT2D eigenvalue weighted by atomic mass is 32.2. The maximum absolute atomic E-state index is 11.4. The summed E-state index contributed by atoms with van der Waals surface area (Å²) in [5.74, 6) is 0.900. The maximum Gasteiger partial charge on any atom is 0.115 e. The first kappa shape index (κ1) is 9.26. The molecule has 0 spiro atoms. The second-order valence-electron chi connectivity index (χ2n) is 2.54. The van der Waals surface area contributed by atoms with Gasteiger partial charge < -0.3 is 5.11 Å². The van der Waals surface area contributed by atoms with Crippen LogP contribution < -0.4 is 0 Å². The summed E-state index contributed by atoms with van der Waals surface area (Å²) in [5, 5.41) is 8.97. The molecule has 0 aliphatic carbocycles. The number of hydrogen-bond donors (Lipinski definition) is 1. The molecule has 0 aliphatic rings. The van der Waals surface area contributed by atoms with Gasteiger partial charge in [-0.25, -0.2) is 0 Å². The Morgan fingerprint density at radius 2 is 1.92 bits per heavy atom. The van der Waals surface area contributed by atoms with Gasteiger partial charge in [0.2, 0.25) is 0 Å². The molecule has 0 aliphatic heterocycles. The molecule has 0 bridgehead atoms. The fourth-order valence-corrected chi connectivity index (χ4v) is 1.95. The summed E-state index contributed by atoms with van der Waals surface area (Å²) in [6.45, 7) is 2.00. The number of benzene rings is 1. The van der Waals surface area contributed by atoms with E-state index in [1.54, 1.807) is 24.3 Å². The van der Waals surface area contributed by atoms with E-state index in [9.17, 15) is 4.21 Å². The summed E-state index contributed by atoms with van der Waals surface area (Å²) in [7, 11) is -0.903. The first-order valence-corrected chi connectivity index (χ1v) is 5.23. The Bertz CT molecular complexity index is 266. The van der Waals surface area contributed by atoms with Crippen LogP contribution in [0.1, 0.15) is 13.3 Å². The molecule has 1 aromatic carbocycles. The van der Waals surface area contributed by atoms with Gasteiger partial charge in [0.1, 0.15) is 5.75 Å². The molecule has 12 heavy (non-hydrogen) atoms. The molecule has 1 N–H and O–H groups in total. The van der Waals surface area contributed by atoms with Crippen LogP contribution in [0.2, 0.25) is 0 Å². The lowest BCUT2D eigenvalue weighted by Crippen LogP contribution is -1.95. The normalized spacial score (nSPS) is 12.8. The fourth-order valence-electron chi connectivity index (χ4n) is 0.901. The molecule has 0 amide bonds. The number of hydrogen-bond acceptors (Lipinski definition) is 2. The first-order chi connectivity index (χ1) is 5.74. The number of phenolic OH excluding ortho intramolecular Hbond substituents is 1. The molecule has 66 valence electrons. The second kappa shape index (κ2) is 4.26. The van der Waals surface area contributed by atoms with E-state index in [1.807, 2.05) is 6.92 Å². The molecule has 0 saturated carbocycles. The van der Waals surface area contributed by atoms with Crippen molar-refractivity contribution in [2.45, 2.75) is 18.2 Å². The fraction of sp³-hybridized carbons (Fsp3) is 0.333. The van der Waals surface area contributed by atoms with Gasteiger partial charge in [-0.2, -0.15) is 0 Å². The number of rotatable bonds is 3. The van der Waals surface area contributed by atoms with E-state index in [1.165, 1.54) is 0 Å². The third-order valence-corrected chi connectivity index (χ3v) is 3.07. The Labute approximate surface area is 74.7 Å². The Morgan fingerprint density at radius 3 is 2.42 bits per heavy atom. The molecule has 3 heteroatoms. The standard InChI is InChI=1S/C9H12O2S/c1-2-7-12(11)9-5-3-8(10)4-6-9/h3-6,10H,2,7H2,1H3. The predicted octanol–water partition coefficient (Wildman–Crippen LogP) is 1.91. The molecule has 1 rings (SSSR count). The number of aromatic hydroxyl groups is 1. The minimum atomic E-state index is -0.903. The molecular weight excluding hydrogens is 172 g/mol. The monoisotopic (exact) mass is 184 g/mol. The van der Waals surface area contributed by atoms with Crippen molar-refractivity contribution in [1.82, 2.24) is 0 Å². The molecular formula is C9H12O2S. The summed E-state index contributed by atoms with van der Waals surface area (Å²) >= 11 is 0. The quantitative estimate of drug-likeness (QED) is 0.779. The summed E-state index contributed by atoms with van der Waals surface area (Å²) in [5.41, 5.74) is 0. The molecule has 1 aromatic rings. The Balaban J connectivity index is 2.75. The van der Waals surface area contributed by atoms with Gasteiger partial charge in [0, 0.05) is 10.6 Å². The summed E-state index contributed by atoms with van der Waals surface area (Å²) in [4.78, 5) is 0.787. The Kier molecular flexibility index (Phi) is 3.29. The minimum absolute atomic E-state index is 0.215. The molecule has 1 unspecified atom stereocenters. The van der Waals surface area contributed by atoms with Crippen LogP contribution >= 0.6 is 0 Å². The van der Waals surface area contributed by atoms with Crippen molar-refractivity contribution in [3.63, 3.8) is 0 Å². The number of phenols is 1. The van der Waals surface area contributed by atoms with E-state index < -0.39 is 10.8 Å². The van der Waals surface area contributed by atoms with Crippen LogP contribution in [0.3, 0.4) is 0 Å². The highest BCUT2D eigenvalue weighted by Gasteiger charge is 2.00. The average molecular weight is 184 g/mol. The predicted molar refractivity (Wildman–Crippen MR) is 49.7 cm³/mol. The van der Waals surface area contributed by atoms with Crippen molar-refractivity contribution < 1.29 is 9.32 Å². The van der Waals surface area contributed by atoms with Gasteiger partial charge in [-0.1, -0.05) is 6.92 Å². The van der Waals surface area contributed by atoms with E-state index in [0.29, 0.717) is 5.75 Å². The second-order valence-corrected chi connectivity index (χ2v) is 4.11. The Morgan fingerprint density at radius 1 is 1.33 bits per heavy atom. The SMILES string of the molecule is CCCS(=O)c1ccc(O)cc1. The lowest BCUT2D eigenvalue weighted by molar-refractivity contribution is 0.475. The van der Waals surface area contributed by atoms with Gasteiger partial charge in [0.05, 0.1) is 10.8 Å².